The molecule has 1 aliphatic carbocycles. The zero-order chi connectivity index (χ0) is 27.6. The number of fused-ring (bicyclic) bond motifs is 1. The van der Waals surface area contributed by atoms with E-state index in [0.717, 1.165) is 37.0 Å². The lowest BCUT2D eigenvalue weighted by molar-refractivity contribution is -0.394. The van der Waals surface area contributed by atoms with Crippen molar-refractivity contribution < 1.29 is 19.3 Å². The molecule has 196 valence electrons. The predicted octanol–water partition coefficient (Wildman–Crippen LogP) is 7.14. The predicted molar refractivity (Wildman–Crippen MR) is 144 cm³/mol. The molecule has 4 rings (SSSR count). The molecule has 0 aliphatic heterocycles. The number of rotatable bonds is 7. The molecule has 0 fully saturated rings. The smallest absolute Gasteiger partial charge is 0.318 e. The molecule has 1 aromatic heterocycles. The molecule has 11 heteroatoms. The molecule has 0 spiro atoms. The minimum atomic E-state index is -0.744. The van der Waals surface area contributed by atoms with Gasteiger partial charge < -0.3 is 9.47 Å². The first kappa shape index (κ1) is 26.8. The van der Waals surface area contributed by atoms with E-state index in [9.17, 15) is 25.5 Å². The molecule has 0 radical (unpaired) electrons. The van der Waals surface area contributed by atoms with Gasteiger partial charge in [0.1, 0.15) is 11.1 Å². The van der Waals surface area contributed by atoms with Gasteiger partial charge in [0.25, 0.3) is 5.69 Å². The monoisotopic (exact) mass is 534 g/mol. The standard InChI is InChI=1S/C27H26N4O6S/c1-27(2,3)17-8-10-19-20(14-28)26(38-24(19)12-17)29-15-16-6-5-7-23(36-4)25(16)37-22-11-9-18(30(32)33)13-21(22)31(34)35/h5-7,9,11,13,15,17H,8,10,12H2,1-4H3/t17-/m0/s1. The van der Waals surface area contributed by atoms with Crippen LogP contribution in [-0.4, -0.2) is 23.2 Å². The number of nitriles is 1. The number of nitrogens with zero attached hydrogens (tertiary/aromatic N) is 4. The minimum Gasteiger partial charge on any atom is -0.493 e. The van der Waals surface area contributed by atoms with Gasteiger partial charge in [0.2, 0.25) is 5.75 Å². The first-order valence-corrected chi connectivity index (χ1v) is 12.7. The molecule has 3 aromatic rings. The van der Waals surface area contributed by atoms with E-state index >= 15 is 0 Å². The van der Waals surface area contributed by atoms with Gasteiger partial charge in [-0.15, -0.1) is 11.3 Å². The summed E-state index contributed by atoms with van der Waals surface area (Å²) in [5, 5.41) is 33.2. The quantitative estimate of drug-likeness (QED) is 0.178. The number of hydrogen-bond donors (Lipinski definition) is 0. The molecule has 0 N–H and O–H groups in total. The molecular weight excluding hydrogens is 508 g/mol. The summed E-state index contributed by atoms with van der Waals surface area (Å²) in [6, 6.07) is 10.5. The molecule has 1 heterocycles. The highest BCUT2D eigenvalue weighted by atomic mass is 32.1. The van der Waals surface area contributed by atoms with Gasteiger partial charge in [-0.25, -0.2) is 4.99 Å². The third-order valence-electron chi connectivity index (χ3n) is 6.70. The van der Waals surface area contributed by atoms with Crippen LogP contribution in [0.2, 0.25) is 0 Å². The number of benzene rings is 2. The van der Waals surface area contributed by atoms with Crippen molar-refractivity contribution in [2.45, 2.75) is 40.0 Å². The second-order valence-corrected chi connectivity index (χ2v) is 11.1. The van der Waals surface area contributed by atoms with Crippen molar-refractivity contribution in [2.24, 2.45) is 16.3 Å². The van der Waals surface area contributed by atoms with E-state index in [1.165, 1.54) is 35.6 Å². The van der Waals surface area contributed by atoms with Crippen LogP contribution in [0.1, 0.15) is 48.8 Å². The molecule has 1 aliphatic rings. The van der Waals surface area contributed by atoms with E-state index in [1.807, 2.05) is 0 Å². The lowest BCUT2D eigenvalue weighted by atomic mass is 9.72. The molecule has 0 saturated heterocycles. The van der Waals surface area contributed by atoms with Gasteiger partial charge in [0, 0.05) is 22.7 Å². The highest BCUT2D eigenvalue weighted by Crippen LogP contribution is 2.45. The number of aliphatic imine (C=N–C) groups is 1. The summed E-state index contributed by atoms with van der Waals surface area (Å²) < 4.78 is 11.3. The van der Waals surface area contributed by atoms with E-state index in [1.54, 1.807) is 18.2 Å². The van der Waals surface area contributed by atoms with E-state index in [0.29, 0.717) is 27.8 Å². The molecule has 0 unspecified atom stereocenters. The lowest BCUT2D eigenvalue weighted by Crippen LogP contribution is -2.26. The molecule has 38 heavy (non-hydrogen) atoms. The van der Waals surface area contributed by atoms with E-state index < -0.39 is 21.2 Å². The van der Waals surface area contributed by atoms with Crippen LogP contribution in [-0.2, 0) is 12.8 Å². The van der Waals surface area contributed by atoms with Crippen LogP contribution < -0.4 is 9.47 Å². The Balaban J connectivity index is 1.72. The van der Waals surface area contributed by atoms with E-state index in [2.05, 4.69) is 31.8 Å². The van der Waals surface area contributed by atoms with Crippen molar-refractivity contribution in [2.75, 3.05) is 7.11 Å². The second kappa shape index (κ2) is 10.6. The van der Waals surface area contributed by atoms with Crippen molar-refractivity contribution in [3.63, 3.8) is 0 Å². The van der Waals surface area contributed by atoms with Gasteiger partial charge in [-0.3, -0.25) is 20.2 Å². The third kappa shape index (κ3) is 5.35. The van der Waals surface area contributed by atoms with Gasteiger partial charge in [-0.2, -0.15) is 5.26 Å². The average molecular weight is 535 g/mol. The fourth-order valence-electron chi connectivity index (χ4n) is 4.51. The Morgan fingerprint density at radius 3 is 2.55 bits per heavy atom. The van der Waals surface area contributed by atoms with Crippen molar-refractivity contribution in [3.05, 3.63) is 78.2 Å². The summed E-state index contributed by atoms with van der Waals surface area (Å²) in [6.07, 6.45) is 4.30. The number of nitro benzene ring substituents is 2. The van der Waals surface area contributed by atoms with Gasteiger partial charge in [0.05, 0.1) is 28.6 Å². The maximum Gasteiger partial charge on any atom is 0.318 e. The highest BCUT2D eigenvalue weighted by molar-refractivity contribution is 7.16. The number of ether oxygens (including phenoxy) is 2. The summed E-state index contributed by atoms with van der Waals surface area (Å²) in [6.45, 7) is 6.71. The average Bonchev–Trinajstić information content (AvgIpc) is 3.24. The van der Waals surface area contributed by atoms with Crippen LogP contribution in [0.5, 0.6) is 17.2 Å². The number of non-ortho nitro benzene ring substituents is 1. The first-order valence-electron chi connectivity index (χ1n) is 11.9. The van der Waals surface area contributed by atoms with Crippen molar-refractivity contribution in [1.29, 1.82) is 5.26 Å². The Kier molecular flexibility index (Phi) is 7.46. The fourth-order valence-corrected chi connectivity index (χ4v) is 5.73. The van der Waals surface area contributed by atoms with Crippen molar-refractivity contribution >= 4 is 33.9 Å². The lowest BCUT2D eigenvalue weighted by Gasteiger charge is -2.33. The normalized spacial score (nSPS) is 15.1. The van der Waals surface area contributed by atoms with Gasteiger partial charge in [0.15, 0.2) is 11.5 Å². The maximum atomic E-state index is 11.6. The van der Waals surface area contributed by atoms with Crippen LogP contribution in [0, 0.1) is 42.9 Å². The number of methoxy groups -OCH3 is 1. The Hall–Kier alpha value is -4.30. The highest BCUT2D eigenvalue weighted by Gasteiger charge is 2.32. The first-order chi connectivity index (χ1) is 18.0. The molecule has 10 nitrogen and oxygen atoms in total. The Morgan fingerprint density at radius 2 is 1.92 bits per heavy atom. The molecular formula is C27H26N4O6S. The fraction of sp³-hybridized carbons (Fsp3) is 0.333. The maximum absolute atomic E-state index is 11.6. The van der Waals surface area contributed by atoms with Crippen LogP contribution in [0.4, 0.5) is 16.4 Å². The number of hydrogen-bond acceptors (Lipinski definition) is 9. The van der Waals surface area contributed by atoms with Gasteiger partial charge in [-0.1, -0.05) is 26.8 Å². The summed E-state index contributed by atoms with van der Waals surface area (Å²) in [7, 11) is 1.43. The number of nitro groups is 2. The molecule has 1 atom stereocenters. The zero-order valence-corrected chi connectivity index (χ0v) is 22.2. The minimum absolute atomic E-state index is 0.156. The summed E-state index contributed by atoms with van der Waals surface area (Å²) in [4.78, 5) is 27.1. The number of para-hydroxylation sites is 1. The van der Waals surface area contributed by atoms with Gasteiger partial charge >= 0.3 is 5.69 Å². The number of thiophene rings is 1. The van der Waals surface area contributed by atoms with Crippen molar-refractivity contribution in [1.82, 2.24) is 0 Å². The molecule has 0 amide bonds. The van der Waals surface area contributed by atoms with Crippen LogP contribution in [0.15, 0.2) is 41.4 Å². The Bertz CT molecular complexity index is 1480. The van der Waals surface area contributed by atoms with Crippen molar-refractivity contribution in [3.8, 4) is 23.3 Å². The molecule has 0 saturated carbocycles. The van der Waals surface area contributed by atoms with E-state index in [-0.39, 0.29) is 16.9 Å². The molecule has 2 aromatic carbocycles. The SMILES string of the molecule is COc1cccc(C=Nc2sc3c(c2C#N)CC[C@H](C(C)(C)C)C3)c1Oc1ccc([N+](=O)[O-])cc1[N+](=O)[O-]. The third-order valence-corrected chi connectivity index (χ3v) is 7.86. The summed E-state index contributed by atoms with van der Waals surface area (Å²) in [5.41, 5.74) is 1.29. The summed E-state index contributed by atoms with van der Waals surface area (Å²) >= 11 is 1.51. The largest absolute Gasteiger partial charge is 0.493 e. The topological polar surface area (TPSA) is 141 Å². The van der Waals surface area contributed by atoms with Crippen LogP contribution in [0.3, 0.4) is 0 Å². The second-order valence-electron chi connectivity index (χ2n) is 10.0. The van der Waals surface area contributed by atoms with Crippen LogP contribution in [0.25, 0.3) is 0 Å². The Labute approximate surface area is 223 Å². The zero-order valence-electron chi connectivity index (χ0n) is 21.4. The summed E-state index contributed by atoms with van der Waals surface area (Å²) in [5.74, 6) is 0.786. The van der Waals surface area contributed by atoms with Crippen LogP contribution >= 0.6 is 11.3 Å². The Morgan fingerprint density at radius 1 is 1.16 bits per heavy atom. The molecule has 0 bridgehead atoms. The van der Waals surface area contributed by atoms with Gasteiger partial charge in [-0.05, 0) is 54.4 Å². The van der Waals surface area contributed by atoms with E-state index in [4.69, 9.17) is 9.47 Å².